The fourth-order valence-corrected chi connectivity index (χ4v) is 4.46. The maximum Gasteiger partial charge on any atom is 0.263 e. The molecule has 1 fully saturated rings. The van der Waals surface area contributed by atoms with E-state index in [1.165, 1.54) is 17.3 Å². The molecule has 27 heavy (non-hydrogen) atoms. The number of sulfonamides is 1. The van der Waals surface area contributed by atoms with Gasteiger partial charge in [-0.15, -0.1) is 0 Å². The number of hydrogen-bond acceptors (Lipinski definition) is 6. The molecule has 0 amide bonds. The largest absolute Gasteiger partial charge is 0.378 e. The number of anilines is 2. The summed E-state index contributed by atoms with van der Waals surface area (Å²) in [6.07, 6.45) is 3.29. The van der Waals surface area contributed by atoms with Gasteiger partial charge >= 0.3 is 0 Å². The van der Waals surface area contributed by atoms with Crippen LogP contribution in [-0.2, 0) is 27.6 Å². The molecule has 0 spiro atoms. The summed E-state index contributed by atoms with van der Waals surface area (Å²) >= 11 is 0. The van der Waals surface area contributed by atoms with Crippen molar-refractivity contribution in [2.45, 2.75) is 17.7 Å². The second-order valence-electron chi connectivity index (χ2n) is 6.79. The van der Waals surface area contributed by atoms with Crippen LogP contribution in [-0.4, -0.2) is 52.8 Å². The summed E-state index contributed by atoms with van der Waals surface area (Å²) in [7, 11) is -3.67. The predicted molar refractivity (Wildman–Crippen MR) is 105 cm³/mol. The number of ether oxygens (including phenoxy) is 1. The van der Waals surface area contributed by atoms with Crippen LogP contribution in [0.2, 0.25) is 0 Å². The minimum Gasteiger partial charge on any atom is -0.378 e. The average molecular weight is 388 g/mol. The third-order valence-electron chi connectivity index (χ3n) is 4.97. The average Bonchev–Trinajstić information content (AvgIpc) is 2.93. The number of rotatable bonds is 4. The molecular formula is C19H24N4O3S. The Balaban J connectivity index is 1.50. The summed E-state index contributed by atoms with van der Waals surface area (Å²) in [5.41, 5.74) is 3.06. The van der Waals surface area contributed by atoms with Crippen molar-refractivity contribution in [3.63, 3.8) is 0 Å². The predicted octanol–water partition coefficient (Wildman–Crippen LogP) is 1.41. The molecule has 2 aromatic rings. The number of benzene rings is 1. The van der Waals surface area contributed by atoms with Crippen LogP contribution in [0.1, 0.15) is 11.1 Å². The molecule has 2 N–H and O–H groups in total. The van der Waals surface area contributed by atoms with E-state index >= 15 is 0 Å². The number of hydrogen-bond donors (Lipinski definition) is 2. The summed E-state index contributed by atoms with van der Waals surface area (Å²) in [6, 6.07) is 9.14. The molecule has 0 bridgehead atoms. The first kappa shape index (κ1) is 18.2. The number of pyridine rings is 1. The topological polar surface area (TPSA) is 83.6 Å². The van der Waals surface area contributed by atoms with Gasteiger partial charge in [-0.1, -0.05) is 6.07 Å². The first-order valence-corrected chi connectivity index (χ1v) is 10.7. The van der Waals surface area contributed by atoms with Gasteiger partial charge in [0.25, 0.3) is 10.0 Å². The van der Waals surface area contributed by atoms with Crippen LogP contribution < -0.4 is 14.9 Å². The molecule has 1 saturated heterocycles. The molecular weight excluding hydrogens is 364 g/mol. The summed E-state index contributed by atoms with van der Waals surface area (Å²) in [6.45, 7) is 4.73. The lowest BCUT2D eigenvalue weighted by molar-refractivity contribution is 0.122. The number of nitrogens with zero attached hydrogens (tertiary/aromatic N) is 2. The Morgan fingerprint density at radius 2 is 1.81 bits per heavy atom. The van der Waals surface area contributed by atoms with Gasteiger partial charge in [0.15, 0.2) is 0 Å². The Morgan fingerprint density at radius 1 is 1.04 bits per heavy atom. The van der Waals surface area contributed by atoms with Gasteiger partial charge in [0.05, 0.1) is 13.2 Å². The molecule has 3 heterocycles. The zero-order valence-corrected chi connectivity index (χ0v) is 16.0. The molecule has 1 aromatic heterocycles. The van der Waals surface area contributed by atoms with Crippen LogP contribution in [0.3, 0.4) is 0 Å². The van der Waals surface area contributed by atoms with Crippen molar-refractivity contribution in [3.05, 3.63) is 47.7 Å². The molecule has 1 aromatic carbocycles. The van der Waals surface area contributed by atoms with Gasteiger partial charge in [0.2, 0.25) is 0 Å². The molecule has 4 rings (SSSR count). The summed E-state index contributed by atoms with van der Waals surface area (Å²) in [5, 5.41) is 3.36. The van der Waals surface area contributed by atoms with Gasteiger partial charge < -0.3 is 15.0 Å². The van der Waals surface area contributed by atoms with E-state index in [-0.39, 0.29) is 4.90 Å². The molecule has 0 aliphatic carbocycles. The van der Waals surface area contributed by atoms with E-state index in [2.05, 4.69) is 19.9 Å². The van der Waals surface area contributed by atoms with E-state index in [0.29, 0.717) is 18.9 Å². The second kappa shape index (κ2) is 7.84. The maximum absolute atomic E-state index is 12.7. The van der Waals surface area contributed by atoms with E-state index in [9.17, 15) is 8.42 Å². The first-order chi connectivity index (χ1) is 13.1. The first-order valence-electron chi connectivity index (χ1n) is 9.26. The standard InChI is InChI=1S/C19H24N4O3S/c24-27(25,18-3-4-19(21-14-18)23-9-11-26-12-10-23)22-17-2-1-15-5-7-20-8-6-16(15)13-17/h1-4,13-14,20,22H,5-12H2. The minimum atomic E-state index is -3.67. The quantitative estimate of drug-likeness (QED) is 0.824. The van der Waals surface area contributed by atoms with Crippen molar-refractivity contribution in [2.75, 3.05) is 49.0 Å². The summed E-state index contributed by atoms with van der Waals surface area (Å²) in [5.74, 6) is 0.773. The highest BCUT2D eigenvalue weighted by Gasteiger charge is 2.18. The highest BCUT2D eigenvalue weighted by Crippen LogP contribution is 2.22. The van der Waals surface area contributed by atoms with E-state index in [1.54, 1.807) is 12.1 Å². The Hall–Kier alpha value is -2.16. The monoisotopic (exact) mass is 388 g/mol. The zero-order valence-electron chi connectivity index (χ0n) is 15.1. The van der Waals surface area contributed by atoms with Crippen LogP contribution in [0.4, 0.5) is 11.5 Å². The van der Waals surface area contributed by atoms with Crippen LogP contribution in [0.25, 0.3) is 0 Å². The normalized spacial score (nSPS) is 17.9. The number of nitrogens with one attached hydrogen (secondary N) is 2. The van der Waals surface area contributed by atoms with Gasteiger partial charge in [-0.05, 0) is 61.3 Å². The third-order valence-corrected chi connectivity index (χ3v) is 6.33. The van der Waals surface area contributed by atoms with Crippen molar-refractivity contribution < 1.29 is 13.2 Å². The number of aromatic nitrogens is 1. The van der Waals surface area contributed by atoms with E-state index in [1.807, 2.05) is 18.2 Å². The molecule has 2 aliphatic rings. The van der Waals surface area contributed by atoms with Crippen LogP contribution >= 0.6 is 0 Å². The van der Waals surface area contributed by atoms with Gasteiger partial charge in [-0.2, -0.15) is 0 Å². The smallest absolute Gasteiger partial charge is 0.263 e. The Morgan fingerprint density at radius 3 is 2.56 bits per heavy atom. The van der Waals surface area contributed by atoms with Crippen LogP contribution in [0.15, 0.2) is 41.4 Å². The highest BCUT2D eigenvalue weighted by atomic mass is 32.2. The SMILES string of the molecule is O=S(=O)(Nc1ccc2c(c1)CCNCC2)c1ccc(N2CCOCC2)nc1. The van der Waals surface area contributed by atoms with Gasteiger partial charge in [-0.3, -0.25) is 4.72 Å². The summed E-state index contributed by atoms with van der Waals surface area (Å²) < 4.78 is 33.5. The zero-order chi connectivity index (χ0) is 18.7. The van der Waals surface area contributed by atoms with Crippen molar-refractivity contribution in [3.8, 4) is 0 Å². The van der Waals surface area contributed by atoms with Gasteiger partial charge in [0.1, 0.15) is 10.7 Å². The molecule has 0 saturated carbocycles. The molecule has 8 heteroatoms. The van der Waals surface area contributed by atoms with Crippen molar-refractivity contribution in [1.29, 1.82) is 0 Å². The fourth-order valence-electron chi connectivity index (χ4n) is 3.46. The van der Waals surface area contributed by atoms with E-state index in [0.717, 1.165) is 44.8 Å². The van der Waals surface area contributed by atoms with Gasteiger partial charge in [0, 0.05) is 25.0 Å². The third kappa shape index (κ3) is 4.23. The van der Waals surface area contributed by atoms with Crippen molar-refractivity contribution in [1.82, 2.24) is 10.3 Å². The van der Waals surface area contributed by atoms with Crippen LogP contribution in [0, 0.1) is 0 Å². The Kier molecular flexibility index (Phi) is 5.29. The molecule has 7 nitrogen and oxygen atoms in total. The maximum atomic E-state index is 12.7. The Bertz CT molecular complexity index is 894. The molecule has 0 unspecified atom stereocenters. The Labute approximate surface area is 159 Å². The second-order valence-corrected chi connectivity index (χ2v) is 8.47. The van der Waals surface area contributed by atoms with Gasteiger partial charge in [-0.25, -0.2) is 13.4 Å². The lowest BCUT2D eigenvalue weighted by Gasteiger charge is -2.27. The molecule has 144 valence electrons. The summed E-state index contributed by atoms with van der Waals surface area (Å²) in [4.78, 5) is 6.59. The lowest BCUT2D eigenvalue weighted by atomic mass is 10.0. The van der Waals surface area contributed by atoms with Crippen molar-refractivity contribution in [2.24, 2.45) is 0 Å². The molecule has 0 radical (unpaired) electrons. The van der Waals surface area contributed by atoms with Crippen LogP contribution in [0.5, 0.6) is 0 Å². The van der Waals surface area contributed by atoms with Crippen molar-refractivity contribution >= 4 is 21.5 Å². The highest BCUT2D eigenvalue weighted by molar-refractivity contribution is 7.92. The fraction of sp³-hybridized carbons (Fsp3) is 0.421. The lowest BCUT2D eigenvalue weighted by Crippen LogP contribution is -2.36. The number of morpholine rings is 1. The van der Waals surface area contributed by atoms with E-state index < -0.39 is 10.0 Å². The molecule has 2 aliphatic heterocycles. The molecule has 0 atom stereocenters. The minimum absolute atomic E-state index is 0.163. The van der Waals surface area contributed by atoms with E-state index in [4.69, 9.17) is 4.74 Å². The number of fused-ring (bicyclic) bond motifs is 1.